The van der Waals surface area contributed by atoms with Crippen molar-refractivity contribution in [2.45, 2.75) is 24.6 Å². The van der Waals surface area contributed by atoms with Gasteiger partial charge in [0.1, 0.15) is 17.3 Å². The van der Waals surface area contributed by atoms with Gasteiger partial charge in [-0.25, -0.2) is 17.5 Å². The van der Waals surface area contributed by atoms with E-state index < -0.39 is 10.0 Å². The molecule has 6 heteroatoms. The Bertz CT molecular complexity index is 755. The van der Waals surface area contributed by atoms with Crippen LogP contribution in [0.3, 0.4) is 0 Å². The fourth-order valence-electron chi connectivity index (χ4n) is 2.04. The van der Waals surface area contributed by atoms with Gasteiger partial charge in [-0.2, -0.15) is 0 Å². The molecule has 0 saturated heterocycles. The van der Waals surface area contributed by atoms with Crippen LogP contribution in [-0.2, 0) is 16.6 Å². The van der Waals surface area contributed by atoms with E-state index in [2.05, 4.69) is 4.72 Å². The van der Waals surface area contributed by atoms with Crippen LogP contribution in [0.2, 0.25) is 0 Å². The van der Waals surface area contributed by atoms with Crippen molar-refractivity contribution < 1.29 is 17.5 Å². The minimum absolute atomic E-state index is 0.230. The molecule has 2 aromatic carbocycles. The molecule has 0 radical (unpaired) electrons. The molecule has 0 unspecified atom stereocenters. The van der Waals surface area contributed by atoms with Gasteiger partial charge in [-0.15, -0.1) is 0 Å². The molecule has 1 aliphatic carbocycles. The van der Waals surface area contributed by atoms with Crippen LogP contribution in [-0.4, -0.2) is 13.7 Å². The van der Waals surface area contributed by atoms with Gasteiger partial charge in [-0.05, 0) is 54.8 Å². The van der Waals surface area contributed by atoms with E-state index in [4.69, 9.17) is 4.74 Å². The van der Waals surface area contributed by atoms with Gasteiger partial charge >= 0.3 is 0 Å². The Kier molecular flexibility index (Phi) is 4.13. The van der Waals surface area contributed by atoms with Crippen molar-refractivity contribution in [2.24, 2.45) is 0 Å². The Morgan fingerprint density at radius 1 is 1.09 bits per heavy atom. The second-order valence-electron chi connectivity index (χ2n) is 5.27. The summed E-state index contributed by atoms with van der Waals surface area (Å²) in [7, 11) is -3.19. The molecule has 1 aliphatic rings. The van der Waals surface area contributed by atoms with Gasteiger partial charge in [0.05, 0.1) is 5.25 Å². The highest BCUT2D eigenvalue weighted by Crippen LogP contribution is 2.28. The monoisotopic (exact) mass is 321 g/mol. The van der Waals surface area contributed by atoms with Crippen molar-refractivity contribution in [1.29, 1.82) is 0 Å². The number of ether oxygens (including phenoxy) is 1. The predicted molar refractivity (Wildman–Crippen MR) is 81.7 cm³/mol. The number of hydrogen-bond acceptors (Lipinski definition) is 3. The van der Waals surface area contributed by atoms with Gasteiger partial charge in [-0.1, -0.05) is 12.1 Å². The minimum Gasteiger partial charge on any atom is -0.457 e. The average Bonchev–Trinajstić information content (AvgIpc) is 3.33. The standard InChI is InChI=1S/C16H16FNO3S/c17-13-4-6-14(7-5-13)21-15-3-1-2-12(10-15)11-18-22(19,20)16-8-9-16/h1-7,10,16,18H,8-9,11H2. The molecule has 0 spiro atoms. The van der Waals surface area contributed by atoms with Gasteiger partial charge in [-0.3, -0.25) is 0 Å². The molecular formula is C16H16FNO3S. The van der Waals surface area contributed by atoms with Gasteiger partial charge in [0.25, 0.3) is 0 Å². The molecule has 0 amide bonds. The molecule has 1 fully saturated rings. The lowest BCUT2D eigenvalue weighted by Gasteiger charge is -2.09. The lowest BCUT2D eigenvalue weighted by atomic mass is 10.2. The summed E-state index contributed by atoms with van der Waals surface area (Å²) in [4.78, 5) is 0. The molecule has 0 heterocycles. The first kappa shape index (κ1) is 15.0. The van der Waals surface area contributed by atoms with E-state index in [0.29, 0.717) is 11.5 Å². The summed E-state index contributed by atoms with van der Waals surface area (Å²) in [6.45, 7) is 0.236. The van der Waals surface area contributed by atoms with Crippen molar-refractivity contribution in [3.63, 3.8) is 0 Å². The Morgan fingerprint density at radius 2 is 1.82 bits per heavy atom. The summed E-state index contributed by atoms with van der Waals surface area (Å²) >= 11 is 0. The molecule has 2 aromatic rings. The van der Waals surface area contributed by atoms with Crippen molar-refractivity contribution in [2.75, 3.05) is 0 Å². The number of rotatable bonds is 6. The topological polar surface area (TPSA) is 55.4 Å². The Balaban J connectivity index is 1.65. The van der Waals surface area contributed by atoms with Crippen molar-refractivity contribution in [1.82, 2.24) is 4.72 Å². The van der Waals surface area contributed by atoms with E-state index in [0.717, 1.165) is 18.4 Å². The second-order valence-corrected chi connectivity index (χ2v) is 7.31. The predicted octanol–water partition coefficient (Wildman–Crippen LogP) is 3.20. The Morgan fingerprint density at radius 3 is 2.50 bits per heavy atom. The van der Waals surface area contributed by atoms with Crippen LogP contribution in [0, 0.1) is 5.82 Å². The maximum Gasteiger partial charge on any atom is 0.214 e. The van der Waals surface area contributed by atoms with Crippen LogP contribution in [0.25, 0.3) is 0 Å². The largest absolute Gasteiger partial charge is 0.457 e. The molecule has 1 saturated carbocycles. The quantitative estimate of drug-likeness (QED) is 0.889. The molecule has 116 valence electrons. The number of halogens is 1. The van der Waals surface area contributed by atoms with Crippen molar-refractivity contribution in [3.8, 4) is 11.5 Å². The fourth-order valence-corrected chi connectivity index (χ4v) is 3.40. The first-order valence-corrected chi connectivity index (χ1v) is 8.58. The zero-order valence-electron chi connectivity index (χ0n) is 11.8. The van der Waals surface area contributed by atoms with Crippen LogP contribution < -0.4 is 9.46 Å². The highest BCUT2D eigenvalue weighted by molar-refractivity contribution is 7.90. The van der Waals surface area contributed by atoms with Gasteiger partial charge in [0.2, 0.25) is 10.0 Å². The molecule has 4 nitrogen and oxygen atoms in total. The SMILES string of the molecule is O=S(=O)(NCc1cccc(Oc2ccc(F)cc2)c1)C1CC1. The third kappa shape index (κ3) is 3.84. The number of benzene rings is 2. The van der Waals surface area contributed by atoms with Gasteiger partial charge in [0.15, 0.2) is 0 Å². The summed E-state index contributed by atoms with van der Waals surface area (Å²) in [6.07, 6.45) is 1.48. The zero-order chi connectivity index (χ0) is 15.6. The second kappa shape index (κ2) is 6.06. The van der Waals surface area contributed by atoms with Crippen molar-refractivity contribution >= 4 is 10.0 Å². The smallest absolute Gasteiger partial charge is 0.214 e. The third-order valence-corrected chi connectivity index (χ3v) is 5.28. The van der Waals surface area contributed by atoms with E-state index in [1.54, 1.807) is 18.2 Å². The van der Waals surface area contributed by atoms with Gasteiger partial charge < -0.3 is 4.74 Å². The number of sulfonamides is 1. The van der Waals surface area contributed by atoms with E-state index in [1.807, 2.05) is 6.07 Å². The van der Waals surface area contributed by atoms with E-state index in [1.165, 1.54) is 24.3 Å². The normalized spacial score (nSPS) is 14.8. The number of nitrogens with one attached hydrogen (secondary N) is 1. The molecule has 3 rings (SSSR count). The first-order valence-electron chi connectivity index (χ1n) is 7.04. The van der Waals surface area contributed by atoms with Gasteiger partial charge in [0, 0.05) is 6.54 Å². The maximum absolute atomic E-state index is 12.9. The average molecular weight is 321 g/mol. The molecule has 0 bridgehead atoms. The minimum atomic E-state index is -3.19. The fraction of sp³-hybridized carbons (Fsp3) is 0.250. The highest BCUT2D eigenvalue weighted by atomic mass is 32.2. The zero-order valence-corrected chi connectivity index (χ0v) is 12.6. The molecule has 1 N–H and O–H groups in total. The maximum atomic E-state index is 12.9. The van der Waals surface area contributed by atoms with Crippen LogP contribution in [0.15, 0.2) is 48.5 Å². The lowest BCUT2D eigenvalue weighted by Crippen LogP contribution is -2.26. The van der Waals surface area contributed by atoms with Crippen LogP contribution in [0.1, 0.15) is 18.4 Å². The Hall–Kier alpha value is -1.92. The lowest BCUT2D eigenvalue weighted by molar-refractivity contribution is 0.479. The molecule has 0 atom stereocenters. The summed E-state index contributed by atoms with van der Waals surface area (Å²) < 4.78 is 44.7. The summed E-state index contributed by atoms with van der Waals surface area (Å²) in [5.74, 6) is 0.780. The van der Waals surface area contributed by atoms with E-state index in [-0.39, 0.29) is 17.6 Å². The molecule has 22 heavy (non-hydrogen) atoms. The first-order chi connectivity index (χ1) is 10.5. The molecule has 0 aromatic heterocycles. The van der Waals surface area contributed by atoms with E-state index in [9.17, 15) is 12.8 Å². The van der Waals surface area contributed by atoms with Crippen molar-refractivity contribution in [3.05, 3.63) is 59.9 Å². The molecular weight excluding hydrogens is 305 g/mol. The summed E-state index contributed by atoms with van der Waals surface area (Å²) in [6, 6.07) is 12.9. The number of hydrogen-bond donors (Lipinski definition) is 1. The summed E-state index contributed by atoms with van der Waals surface area (Å²) in [5.41, 5.74) is 0.809. The van der Waals surface area contributed by atoms with Crippen LogP contribution in [0.4, 0.5) is 4.39 Å². The Labute approximate surface area is 129 Å². The highest BCUT2D eigenvalue weighted by Gasteiger charge is 2.35. The summed E-state index contributed by atoms with van der Waals surface area (Å²) in [5, 5.41) is -0.230. The van der Waals surface area contributed by atoms with Crippen LogP contribution in [0.5, 0.6) is 11.5 Å². The van der Waals surface area contributed by atoms with Crippen LogP contribution >= 0.6 is 0 Å². The van der Waals surface area contributed by atoms with E-state index >= 15 is 0 Å². The molecule has 0 aliphatic heterocycles. The third-order valence-electron chi connectivity index (χ3n) is 3.39.